The molecule has 0 fully saturated rings. The molecule has 0 aromatic heterocycles. The van der Waals surface area contributed by atoms with Crippen LogP contribution in [0.15, 0.2) is 0 Å². The first-order chi connectivity index (χ1) is 15.3. The third-order valence-corrected chi connectivity index (χ3v) is 11.1. The van der Waals surface area contributed by atoms with Crippen molar-refractivity contribution in [2.75, 3.05) is 75.6 Å². The van der Waals surface area contributed by atoms with Crippen molar-refractivity contribution in [3.8, 4) is 0 Å². The summed E-state index contributed by atoms with van der Waals surface area (Å²) in [5.41, 5.74) is 10.8. The van der Waals surface area contributed by atoms with E-state index in [2.05, 4.69) is 0 Å². The average Bonchev–Trinajstić information content (AvgIpc) is 2.82. The van der Waals surface area contributed by atoms with Gasteiger partial charge in [0.25, 0.3) is 0 Å². The summed E-state index contributed by atoms with van der Waals surface area (Å²) in [7, 11) is 3.15. The Kier molecular flexibility index (Phi) is 29.7. The van der Waals surface area contributed by atoms with Gasteiger partial charge in [0.15, 0.2) is 0 Å². The van der Waals surface area contributed by atoms with Crippen molar-refractivity contribution in [3.05, 3.63) is 0 Å². The molecule has 0 saturated heterocycles. The fourth-order valence-electron chi connectivity index (χ4n) is 2.48. The van der Waals surface area contributed by atoms with E-state index in [1.54, 1.807) is 42.7 Å². The molecule has 32 heavy (non-hydrogen) atoms. The van der Waals surface area contributed by atoms with Gasteiger partial charge >= 0.3 is 27.1 Å². The smallest absolute Gasteiger partial charge is 0.379 e. The van der Waals surface area contributed by atoms with Crippen molar-refractivity contribution in [3.63, 3.8) is 0 Å². The summed E-state index contributed by atoms with van der Waals surface area (Å²) in [4.78, 5) is 0. The fraction of sp³-hybridized carbons (Fsp3) is 1.00. The second-order valence-corrected chi connectivity index (χ2v) is 13.9. The molecule has 0 rings (SSSR count). The van der Waals surface area contributed by atoms with Crippen molar-refractivity contribution in [1.29, 1.82) is 0 Å². The van der Waals surface area contributed by atoms with E-state index < -0.39 is 27.1 Å². The van der Waals surface area contributed by atoms with Crippen LogP contribution >= 0.6 is 0 Å². The van der Waals surface area contributed by atoms with Gasteiger partial charge in [-0.05, 0) is 46.7 Å². The van der Waals surface area contributed by atoms with Crippen LogP contribution in [-0.2, 0) is 39.8 Å². The molecule has 14 heteroatoms. The predicted molar refractivity (Wildman–Crippen MR) is 133 cm³/mol. The molecule has 0 radical (unpaired) electrons. The lowest BCUT2D eigenvalue weighted by atomic mass is 10.5. The molecule has 0 amide bonds. The minimum Gasteiger partial charge on any atom is -0.379 e. The highest BCUT2D eigenvalue weighted by Crippen LogP contribution is 2.17. The summed E-state index contributed by atoms with van der Waals surface area (Å²) in [6.07, 6.45) is 1.77. The Morgan fingerprint density at radius 3 is 1.06 bits per heavy atom. The van der Waals surface area contributed by atoms with Crippen LogP contribution in [0.3, 0.4) is 0 Å². The molecular formula is C18H50N2O9Si3. The number of rotatable bonds is 18. The lowest BCUT2D eigenvalue weighted by Crippen LogP contribution is -2.46. The van der Waals surface area contributed by atoms with Crippen LogP contribution in [0.4, 0.5) is 0 Å². The summed E-state index contributed by atoms with van der Waals surface area (Å²) in [5.74, 6) is 0. The number of hydrogen-bond donors (Lipinski definition) is 2. The van der Waals surface area contributed by atoms with Gasteiger partial charge in [-0.3, -0.25) is 0 Å². The van der Waals surface area contributed by atoms with Crippen LogP contribution in [0.2, 0.25) is 12.1 Å². The summed E-state index contributed by atoms with van der Waals surface area (Å²) in [5, 5.41) is 0. The van der Waals surface area contributed by atoms with Crippen LogP contribution in [0.25, 0.3) is 0 Å². The van der Waals surface area contributed by atoms with Crippen molar-refractivity contribution in [1.82, 2.24) is 0 Å². The van der Waals surface area contributed by atoms with E-state index in [9.17, 15) is 0 Å². The zero-order valence-corrected chi connectivity index (χ0v) is 24.9. The Labute approximate surface area is 200 Å². The van der Waals surface area contributed by atoms with Crippen LogP contribution < -0.4 is 11.5 Å². The Morgan fingerprint density at radius 1 is 0.562 bits per heavy atom. The standard InChI is InChI=1S/C9H23NO3Si.C6H17NO3Si.C3H10O3Si/c1-4-11-14(12-5-2,13-6-3)9-7-8-10;1-8-11(9-2,10-3)6-4-5-7;1-4-7(5-2)6-3/h4-10H2,1-3H3;4-7H2,1-3H3;7H,1-3H3. The predicted octanol–water partition coefficient (Wildman–Crippen LogP) is 1.24. The molecule has 0 aliphatic rings. The molecule has 0 aliphatic carbocycles. The van der Waals surface area contributed by atoms with E-state index in [-0.39, 0.29) is 0 Å². The fourth-order valence-corrected chi connectivity index (χ4v) is 7.45. The zero-order valence-electron chi connectivity index (χ0n) is 21.8. The summed E-state index contributed by atoms with van der Waals surface area (Å²) >= 11 is 0. The zero-order chi connectivity index (χ0) is 25.3. The largest absolute Gasteiger partial charge is 0.500 e. The maximum absolute atomic E-state index is 5.65. The van der Waals surface area contributed by atoms with E-state index in [4.69, 9.17) is 51.3 Å². The average molecular weight is 523 g/mol. The van der Waals surface area contributed by atoms with Gasteiger partial charge in [0, 0.05) is 74.6 Å². The number of hydrogen-bond acceptors (Lipinski definition) is 11. The quantitative estimate of drug-likeness (QED) is 0.252. The van der Waals surface area contributed by atoms with Crippen molar-refractivity contribution in [2.45, 2.75) is 45.7 Å². The highest BCUT2D eigenvalue weighted by molar-refractivity contribution is 6.61. The normalized spacial score (nSPS) is 11.6. The molecule has 0 aliphatic heterocycles. The Balaban J connectivity index is -0.000000417. The topological polar surface area (TPSA) is 135 Å². The van der Waals surface area contributed by atoms with Gasteiger partial charge in [0.1, 0.15) is 0 Å². The van der Waals surface area contributed by atoms with E-state index in [1.807, 2.05) is 20.8 Å². The third-order valence-electron chi connectivity index (χ3n) is 3.98. The van der Waals surface area contributed by atoms with Crippen molar-refractivity contribution >= 4 is 27.1 Å². The maximum Gasteiger partial charge on any atom is 0.500 e. The molecule has 0 atom stereocenters. The highest BCUT2D eigenvalue weighted by atomic mass is 28.4. The SMILES string of the molecule is CCO[Si](CCCN)(OCC)OCC.CO[SiH](OC)OC.CO[Si](CCCN)(OC)OC. The Hall–Kier alpha value is 0.211. The molecular weight excluding hydrogens is 472 g/mol. The van der Waals surface area contributed by atoms with E-state index in [0.717, 1.165) is 24.9 Å². The van der Waals surface area contributed by atoms with Gasteiger partial charge < -0.3 is 51.3 Å². The molecule has 0 heterocycles. The molecule has 0 spiro atoms. The van der Waals surface area contributed by atoms with Crippen LogP contribution in [-0.4, -0.2) is 103 Å². The maximum atomic E-state index is 5.65. The summed E-state index contributed by atoms with van der Waals surface area (Å²) in [6.45, 7) is 9.09. The van der Waals surface area contributed by atoms with Crippen LogP contribution in [0, 0.1) is 0 Å². The second kappa shape index (κ2) is 25.8. The van der Waals surface area contributed by atoms with E-state index in [1.165, 1.54) is 0 Å². The van der Waals surface area contributed by atoms with Gasteiger partial charge in [-0.15, -0.1) is 0 Å². The van der Waals surface area contributed by atoms with Gasteiger partial charge in [0.2, 0.25) is 0 Å². The van der Waals surface area contributed by atoms with Crippen molar-refractivity contribution in [2.24, 2.45) is 11.5 Å². The van der Waals surface area contributed by atoms with Gasteiger partial charge in [-0.25, -0.2) is 0 Å². The van der Waals surface area contributed by atoms with Gasteiger partial charge in [-0.2, -0.15) is 0 Å². The summed E-state index contributed by atoms with van der Waals surface area (Å²) in [6, 6.07) is 1.60. The molecule has 198 valence electrons. The third kappa shape index (κ3) is 18.6. The molecule has 4 N–H and O–H groups in total. The first kappa shape index (κ1) is 36.8. The molecule has 0 saturated carbocycles. The minimum atomic E-state index is -2.40. The number of nitrogens with two attached hydrogens (primary N) is 2. The molecule has 0 aromatic carbocycles. The summed E-state index contributed by atoms with van der Waals surface area (Å²) < 4.78 is 46.7. The van der Waals surface area contributed by atoms with Crippen molar-refractivity contribution < 1.29 is 39.8 Å². The molecule has 0 unspecified atom stereocenters. The van der Waals surface area contributed by atoms with Gasteiger partial charge in [0.05, 0.1) is 0 Å². The molecule has 11 nitrogen and oxygen atoms in total. The second-order valence-electron chi connectivity index (χ2n) is 6.06. The Bertz CT molecular complexity index is 340. The highest BCUT2D eigenvalue weighted by Gasteiger charge is 2.39. The monoisotopic (exact) mass is 522 g/mol. The minimum absolute atomic E-state index is 0.636. The van der Waals surface area contributed by atoms with Crippen LogP contribution in [0.1, 0.15) is 33.6 Å². The van der Waals surface area contributed by atoms with E-state index in [0.29, 0.717) is 32.9 Å². The Morgan fingerprint density at radius 2 is 0.875 bits per heavy atom. The molecule has 0 bridgehead atoms. The molecule has 0 aromatic rings. The van der Waals surface area contributed by atoms with E-state index >= 15 is 0 Å². The lowest BCUT2D eigenvalue weighted by molar-refractivity contribution is 0.0709. The lowest BCUT2D eigenvalue weighted by Gasteiger charge is -2.28. The van der Waals surface area contributed by atoms with Gasteiger partial charge in [-0.1, -0.05) is 0 Å². The first-order valence-corrected chi connectivity index (χ1v) is 16.2. The van der Waals surface area contributed by atoms with Crippen LogP contribution in [0.5, 0.6) is 0 Å². The first-order valence-electron chi connectivity index (χ1n) is 10.9.